The highest BCUT2D eigenvalue weighted by molar-refractivity contribution is 5.83. The number of benzene rings is 1. The molecule has 1 amide bonds. The van der Waals surface area contributed by atoms with Crippen LogP contribution >= 0.6 is 0 Å². The number of amides is 1. The smallest absolute Gasteiger partial charge is 0.396 e. The highest BCUT2D eigenvalue weighted by atomic mass is 19.4. The van der Waals surface area contributed by atoms with Crippen molar-refractivity contribution in [3.63, 3.8) is 0 Å². The fourth-order valence-corrected chi connectivity index (χ4v) is 2.34. The molecule has 2 N–H and O–H groups in total. The summed E-state index contributed by atoms with van der Waals surface area (Å²) in [5, 5.41) is 11.7. The van der Waals surface area contributed by atoms with Crippen LogP contribution in [-0.2, 0) is 11.0 Å². The van der Waals surface area contributed by atoms with Gasteiger partial charge in [-0.05, 0) is 30.9 Å². The van der Waals surface area contributed by atoms with Crippen molar-refractivity contribution in [1.82, 2.24) is 5.32 Å². The fraction of sp³-hybridized carbons (Fsp3) is 0.562. The molecule has 0 saturated heterocycles. The molecule has 2 unspecified atom stereocenters. The van der Waals surface area contributed by atoms with Gasteiger partial charge in [-0.15, -0.1) is 0 Å². The van der Waals surface area contributed by atoms with Crippen molar-refractivity contribution in [3.8, 4) is 0 Å². The lowest BCUT2D eigenvalue weighted by molar-refractivity contribution is -0.137. The Morgan fingerprint density at radius 3 is 2.45 bits per heavy atom. The van der Waals surface area contributed by atoms with E-state index in [4.69, 9.17) is 5.11 Å². The van der Waals surface area contributed by atoms with E-state index in [1.807, 2.05) is 6.92 Å². The quantitative estimate of drug-likeness (QED) is 0.809. The molecular weight excluding hydrogens is 295 g/mol. The molecule has 0 spiro atoms. The molecule has 6 heteroatoms. The van der Waals surface area contributed by atoms with E-state index in [0.29, 0.717) is 24.8 Å². The van der Waals surface area contributed by atoms with Crippen molar-refractivity contribution in [2.75, 3.05) is 6.61 Å². The maximum atomic E-state index is 12.8. The standard InChI is InChI=1S/C16H22F3NO2/c1-3-13(8-9-21)20-15(22)14(4-2)11-6-5-7-12(10-11)16(17,18)19/h5-7,10,13-14,21H,3-4,8-9H2,1-2H3,(H,20,22). The molecule has 0 saturated carbocycles. The van der Waals surface area contributed by atoms with Gasteiger partial charge in [-0.1, -0.05) is 32.0 Å². The molecule has 1 rings (SSSR count). The van der Waals surface area contributed by atoms with Crippen molar-refractivity contribution in [3.05, 3.63) is 35.4 Å². The number of alkyl halides is 3. The Bertz CT molecular complexity index is 489. The van der Waals surface area contributed by atoms with E-state index in [9.17, 15) is 18.0 Å². The molecule has 0 radical (unpaired) electrons. The van der Waals surface area contributed by atoms with Crippen molar-refractivity contribution < 1.29 is 23.1 Å². The Morgan fingerprint density at radius 2 is 1.95 bits per heavy atom. The van der Waals surface area contributed by atoms with Crippen LogP contribution in [0.2, 0.25) is 0 Å². The number of hydrogen-bond donors (Lipinski definition) is 2. The third-order valence-corrected chi connectivity index (χ3v) is 3.66. The SMILES string of the molecule is CCC(CCO)NC(=O)C(CC)c1cccc(C(F)(F)F)c1. The molecule has 1 aromatic carbocycles. The van der Waals surface area contributed by atoms with Gasteiger partial charge in [0.2, 0.25) is 5.91 Å². The summed E-state index contributed by atoms with van der Waals surface area (Å²) in [6, 6.07) is 4.71. The average molecular weight is 317 g/mol. The number of carbonyl (C=O) groups is 1. The summed E-state index contributed by atoms with van der Waals surface area (Å²) in [4.78, 5) is 12.3. The molecule has 0 heterocycles. The lowest BCUT2D eigenvalue weighted by Crippen LogP contribution is -2.38. The summed E-state index contributed by atoms with van der Waals surface area (Å²) in [7, 11) is 0. The molecule has 0 aliphatic rings. The lowest BCUT2D eigenvalue weighted by atomic mass is 9.93. The molecular formula is C16H22F3NO2. The second-order valence-electron chi connectivity index (χ2n) is 5.21. The van der Waals surface area contributed by atoms with Crippen LogP contribution in [0.5, 0.6) is 0 Å². The fourth-order valence-electron chi connectivity index (χ4n) is 2.34. The first-order valence-electron chi connectivity index (χ1n) is 7.41. The zero-order chi connectivity index (χ0) is 16.8. The van der Waals surface area contributed by atoms with Crippen LogP contribution in [0.4, 0.5) is 13.2 Å². The van der Waals surface area contributed by atoms with E-state index in [1.165, 1.54) is 12.1 Å². The van der Waals surface area contributed by atoms with E-state index in [1.54, 1.807) is 6.92 Å². The van der Waals surface area contributed by atoms with Crippen LogP contribution in [-0.4, -0.2) is 23.7 Å². The van der Waals surface area contributed by atoms with Gasteiger partial charge in [-0.25, -0.2) is 0 Å². The number of aliphatic hydroxyl groups is 1. The van der Waals surface area contributed by atoms with Crippen molar-refractivity contribution >= 4 is 5.91 Å². The molecule has 3 nitrogen and oxygen atoms in total. The monoisotopic (exact) mass is 317 g/mol. The van der Waals surface area contributed by atoms with E-state index >= 15 is 0 Å². The zero-order valence-electron chi connectivity index (χ0n) is 12.8. The Kier molecular flexibility index (Phi) is 6.87. The van der Waals surface area contributed by atoms with Gasteiger partial charge in [-0.2, -0.15) is 13.2 Å². The number of rotatable bonds is 7. The predicted octanol–water partition coefficient (Wildman–Crippen LogP) is 3.48. The van der Waals surface area contributed by atoms with Crippen LogP contribution < -0.4 is 5.32 Å². The molecule has 0 aliphatic carbocycles. The van der Waals surface area contributed by atoms with Crippen LogP contribution in [0.3, 0.4) is 0 Å². The van der Waals surface area contributed by atoms with Gasteiger partial charge in [0.05, 0.1) is 11.5 Å². The summed E-state index contributed by atoms with van der Waals surface area (Å²) in [5.74, 6) is -0.933. The molecule has 0 aliphatic heterocycles. The van der Waals surface area contributed by atoms with E-state index in [2.05, 4.69) is 5.32 Å². The average Bonchev–Trinajstić information content (AvgIpc) is 2.47. The first kappa shape index (κ1) is 18.5. The second-order valence-corrected chi connectivity index (χ2v) is 5.21. The van der Waals surface area contributed by atoms with Crippen LogP contribution in [0.1, 0.15) is 50.2 Å². The van der Waals surface area contributed by atoms with E-state index in [0.717, 1.165) is 12.1 Å². The number of halogens is 3. The normalized spacial score (nSPS) is 14.5. The highest BCUT2D eigenvalue weighted by Gasteiger charge is 2.31. The maximum Gasteiger partial charge on any atom is 0.416 e. The van der Waals surface area contributed by atoms with Gasteiger partial charge >= 0.3 is 6.18 Å². The van der Waals surface area contributed by atoms with Gasteiger partial charge < -0.3 is 10.4 Å². The first-order valence-corrected chi connectivity index (χ1v) is 7.41. The van der Waals surface area contributed by atoms with E-state index in [-0.39, 0.29) is 18.6 Å². The Morgan fingerprint density at radius 1 is 1.27 bits per heavy atom. The Hall–Kier alpha value is -1.56. The number of carbonyl (C=O) groups excluding carboxylic acids is 1. The second kappa shape index (κ2) is 8.17. The van der Waals surface area contributed by atoms with Gasteiger partial charge in [0.15, 0.2) is 0 Å². The van der Waals surface area contributed by atoms with Crippen LogP contribution in [0.15, 0.2) is 24.3 Å². The maximum absolute atomic E-state index is 12.8. The van der Waals surface area contributed by atoms with Gasteiger partial charge in [0.1, 0.15) is 0 Å². The molecule has 0 aromatic heterocycles. The van der Waals surface area contributed by atoms with Gasteiger partial charge in [-0.3, -0.25) is 4.79 Å². The van der Waals surface area contributed by atoms with Crippen molar-refractivity contribution in [2.45, 2.75) is 51.2 Å². The molecule has 124 valence electrons. The Labute approximate surface area is 128 Å². The largest absolute Gasteiger partial charge is 0.416 e. The summed E-state index contributed by atoms with van der Waals surface area (Å²) >= 11 is 0. The van der Waals surface area contributed by atoms with Gasteiger partial charge in [0.25, 0.3) is 0 Å². The summed E-state index contributed by atoms with van der Waals surface area (Å²) in [6.45, 7) is 3.60. The molecule has 1 aromatic rings. The number of aliphatic hydroxyl groups excluding tert-OH is 1. The molecule has 2 atom stereocenters. The summed E-state index contributed by atoms with van der Waals surface area (Å²) in [6.07, 6.45) is -2.93. The minimum atomic E-state index is -4.42. The highest BCUT2D eigenvalue weighted by Crippen LogP contribution is 2.31. The van der Waals surface area contributed by atoms with Crippen LogP contribution in [0.25, 0.3) is 0 Å². The minimum Gasteiger partial charge on any atom is -0.396 e. The first-order chi connectivity index (χ1) is 10.3. The topological polar surface area (TPSA) is 49.3 Å². The zero-order valence-corrected chi connectivity index (χ0v) is 12.8. The van der Waals surface area contributed by atoms with Crippen molar-refractivity contribution in [2.24, 2.45) is 0 Å². The van der Waals surface area contributed by atoms with Crippen LogP contribution in [0, 0.1) is 0 Å². The summed E-state index contributed by atoms with van der Waals surface area (Å²) < 4.78 is 38.3. The van der Waals surface area contributed by atoms with Gasteiger partial charge in [0, 0.05) is 12.6 Å². The third kappa shape index (κ3) is 5.02. The molecule has 22 heavy (non-hydrogen) atoms. The molecule has 0 fully saturated rings. The molecule has 0 bridgehead atoms. The number of hydrogen-bond acceptors (Lipinski definition) is 2. The third-order valence-electron chi connectivity index (χ3n) is 3.66. The minimum absolute atomic E-state index is 0.0425. The predicted molar refractivity (Wildman–Crippen MR) is 78.4 cm³/mol. The summed E-state index contributed by atoms with van der Waals surface area (Å²) in [5.41, 5.74) is -0.396. The number of nitrogens with one attached hydrogen (secondary N) is 1. The Balaban J connectivity index is 2.93. The van der Waals surface area contributed by atoms with E-state index < -0.39 is 17.7 Å². The van der Waals surface area contributed by atoms with Crippen molar-refractivity contribution in [1.29, 1.82) is 0 Å². The lowest BCUT2D eigenvalue weighted by Gasteiger charge is -2.21.